The van der Waals surface area contributed by atoms with E-state index in [9.17, 15) is 13.2 Å². The highest BCUT2D eigenvalue weighted by Crippen LogP contribution is 2.35. The van der Waals surface area contributed by atoms with E-state index in [1.807, 2.05) is 0 Å². The highest BCUT2D eigenvalue weighted by Gasteiger charge is 2.44. The summed E-state index contributed by atoms with van der Waals surface area (Å²) in [6.45, 7) is 2.64. The lowest BCUT2D eigenvalue weighted by molar-refractivity contribution is -0.144. The van der Waals surface area contributed by atoms with Crippen LogP contribution in [0.2, 0.25) is 0 Å². The second-order valence-corrected chi connectivity index (χ2v) is 6.93. The van der Waals surface area contributed by atoms with E-state index in [2.05, 4.69) is 4.90 Å². The molecule has 5 heteroatoms. The average molecular weight is 290 g/mol. The first-order chi connectivity index (χ1) is 9.51. The first-order valence-corrected chi connectivity index (χ1v) is 8.04. The number of rotatable bonds is 2. The van der Waals surface area contributed by atoms with Crippen molar-refractivity contribution in [3.05, 3.63) is 0 Å². The number of hydrogen-bond acceptors (Lipinski definition) is 2. The summed E-state index contributed by atoms with van der Waals surface area (Å²) < 4.78 is 37.3. The summed E-state index contributed by atoms with van der Waals surface area (Å²) in [6, 6.07) is 0.708. The molecule has 2 nitrogen and oxygen atoms in total. The Bertz CT molecular complexity index is 310. The van der Waals surface area contributed by atoms with Crippen molar-refractivity contribution in [2.45, 2.75) is 50.7 Å². The lowest BCUT2D eigenvalue weighted by atomic mass is 10.0. The van der Waals surface area contributed by atoms with E-state index in [0.717, 1.165) is 13.1 Å². The van der Waals surface area contributed by atoms with Crippen molar-refractivity contribution in [1.82, 2.24) is 9.80 Å². The van der Waals surface area contributed by atoms with E-state index in [-0.39, 0.29) is 0 Å². The maximum absolute atomic E-state index is 12.4. The fourth-order valence-electron chi connectivity index (χ4n) is 4.43. The lowest BCUT2D eigenvalue weighted by Crippen LogP contribution is -2.38. The van der Waals surface area contributed by atoms with Crippen LogP contribution in [0.1, 0.15) is 38.5 Å². The fraction of sp³-hybridized carbons (Fsp3) is 1.00. The molecule has 0 aromatic heterocycles. The number of alkyl halides is 3. The third-order valence-corrected chi connectivity index (χ3v) is 5.33. The Morgan fingerprint density at radius 3 is 1.85 bits per heavy atom. The standard InChI is InChI=1S/C15H25F3N2/c16-15(17,18)11-19-7-12-9-20(10-13(12)8-19)14-5-3-1-2-4-6-14/h12-14H,1-11H2. The van der Waals surface area contributed by atoms with Gasteiger partial charge in [0, 0.05) is 32.2 Å². The van der Waals surface area contributed by atoms with Crippen LogP contribution in [0.3, 0.4) is 0 Å². The van der Waals surface area contributed by atoms with Crippen LogP contribution in [0, 0.1) is 11.8 Å². The van der Waals surface area contributed by atoms with Gasteiger partial charge in [0.2, 0.25) is 0 Å². The van der Waals surface area contributed by atoms with Crippen molar-refractivity contribution in [2.75, 3.05) is 32.7 Å². The van der Waals surface area contributed by atoms with Crippen molar-refractivity contribution >= 4 is 0 Å². The molecular formula is C15H25F3N2. The van der Waals surface area contributed by atoms with E-state index >= 15 is 0 Å². The molecule has 1 saturated carbocycles. The quantitative estimate of drug-likeness (QED) is 0.721. The first-order valence-electron chi connectivity index (χ1n) is 8.04. The molecule has 2 saturated heterocycles. The second kappa shape index (κ2) is 5.84. The molecule has 0 radical (unpaired) electrons. The predicted octanol–water partition coefficient (Wildman–Crippen LogP) is 3.14. The van der Waals surface area contributed by atoms with Crippen molar-refractivity contribution in [2.24, 2.45) is 11.8 Å². The van der Waals surface area contributed by atoms with Crippen LogP contribution in [0.25, 0.3) is 0 Å². The molecule has 116 valence electrons. The maximum atomic E-state index is 12.4. The number of halogens is 3. The second-order valence-electron chi connectivity index (χ2n) is 6.93. The Hall–Kier alpha value is -0.290. The largest absolute Gasteiger partial charge is 0.401 e. The van der Waals surface area contributed by atoms with Crippen LogP contribution >= 0.6 is 0 Å². The average Bonchev–Trinajstić information content (AvgIpc) is 2.75. The minimum absolute atomic E-state index is 0.473. The van der Waals surface area contributed by atoms with Gasteiger partial charge < -0.3 is 0 Å². The lowest BCUT2D eigenvalue weighted by Gasteiger charge is -2.29. The number of likely N-dealkylation sites (tertiary alicyclic amines) is 2. The highest BCUT2D eigenvalue weighted by molar-refractivity contribution is 4.95. The molecule has 0 spiro atoms. The smallest absolute Gasteiger partial charge is 0.300 e. The first kappa shape index (κ1) is 14.6. The van der Waals surface area contributed by atoms with Crippen LogP contribution in [0.4, 0.5) is 13.2 Å². The van der Waals surface area contributed by atoms with Gasteiger partial charge in [0.1, 0.15) is 0 Å². The van der Waals surface area contributed by atoms with Gasteiger partial charge in [0.05, 0.1) is 6.54 Å². The molecule has 20 heavy (non-hydrogen) atoms. The molecule has 2 heterocycles. The molecule has 2 aliphatic heterocycles. The summed E-state index contributed by atoms with van der Waals surface area (Å²) in [5.74, 6) is 0.946. The summed E-state index contributed by atoms with van der Waals surface area (Å²) in [5, 5.41) is 0. The Morgan fingerprint density at radius 1 is 0.800 bits per heavy atom. The van der Waals surface area contributed by atoms with Gasteiger partial charge in [-0.3, -0.25) is 9.80 Å². The third kappa shape index (κ3) is 3.48. The minimum Gasteiger partial charge on any atom is -0.300 e. The summed E-state index contributed by atoms with van der Waals surface area (Å²) >= 11 is 0. The normalized spacial score (nSPS) is 34.4. The highest BCUT2D eigenvalue weighted by atomic mass is 19.4. The monoisotopic (exact) mass is 290 g/mol. The van der Waals surface area contributed by atoms with Gasteiger partial charge in [-0.1, -0.05) is 25.7 Å². The van der Waals surface area contributed by atoms with E-state index in [0.29, 0.717) is 31.0 Å². The molecule has 2 atom stereocenters. The fourth-order valence-corrected chi connectivity index (χ4v) is 4.43. The molecule has 0 bridgehead atoms. The molecule has 3 fully saturated rings. The van der Waals surface area contributed by atoms with Gasteiger partial charge in [0.15, 0.2) is 0 Å². The van der Waals surface area contributed by atoms with Crippen LogP contribution < -0.4 is 0 Å². The topological polar surface area (TPSA) is 6.48 Å². The molecule has 3 aliphatic rings. The molecule has 0 amide bonds. The molecule has 1 aliphatic carbocycles. The Morgan fingerprint density at radius 2 is 1.35 bits per heavy atom. The Labute approximate surface area is 119 Å². The van der Waals surface area contributed by atoms with Gasteiger partial charge in [-0.25, -0.2) is 0 Å². The molecule has 0 aromatic rings. The zero-order chi connectivity index (χ0) is 14.2. The SMILES string of the molecule is FC(F)(F)CN1CC2CN(C3CCCCCC3)CC2C1. The van der Waals surface area contributed by atoms with Gasteiger partial charge in [-0.05, 0) is 24.7 Å². The molecule has 2 unspecified atom stereocenters. The van der Waals surface area contributed by atoms with E-state index < -0.39 is 12.7 Å². The van der Waals surface area contributed by atoms with Crippen molar-refractivity contribution < 1.29 is 13.2 Å². The minimum atomic E-state index is -4.04. The summed E-state index contributed by atoms with van der Waals surface area (Å²) in [7, 11) is 0. The van der Waals surface area contributed by atoms with E-state index in [4.69, 9.17) is 0 Å². The summed E-state index contributed by atoms with van der Waals surface area (Å²) in [6.07, 6.45) is 3.93. The molecule has 3 rings (SSSR count). The number of hydrogen-bond donors (Lipinski definition) is 0. The van der Waals surface area contributed by atoms with Crippen LogP contribution in [0.15, 0.2) is 0 Å². The third-order valence-electron chi connectivity index (χ3n) is 5.33. The van der Waals surface area contributed by atoms with Crippen molar-refractivity contribution in [1.29, 1.82) is 0 Å². The van der Waals surface area contributed by atoms with Crippen molar-refractivity contribution in [3.63, 3.8) is 0 Å². The van der Waals surface area contributed by atoms with Gasteiger partial charge in [-0.2, -0.15) is 13.2 Å². The number of fused-ring (bicyclic) bond motifs is 1. The van der Waals surface area contributed by atoms with Gasteiger partial charge in [-0.15, -0.1) is 0 Å². The molecular weight excluding hydrogens is 265 g/mol. The summed E-state index contributed by atoms with van der Waals surface area (Å²) in [5.41, 5.74) is 0. The van der Waals surface area contributed by atoms with Crippen LogP contribution in [-0.2, 0) is 0 Å². The predicted molar refractivity (Wildman–Crippen MR) is 72.5 cm³/mol. The zero-order valence-electron chi connectivity index (χ0n) is 12.0. The molecule has 0 aromatic carbocycles. The van der Waals surface area contributed by atoms with Gasteiger partial charge in [0.25, 0.3) is 0 Å². The number of nitrogens with zero attached hydrogens (tertiary/aromatic N) is 2. The van der Waals surface area contributed by atoms with E-state index in [1.165, 1.54) is 38.5 Å². The van der Waals surface area contributed by atoms with Crippen molar-refractivity contribution in [3.8, 4) is 0 Å². The van der Waals surface area contributed by atoms with Gasteiger partial charge >= 0.3 is 6.18 Å². The van der Waals surface area contributed by atoms with E-state index in [1.54, 1.807) is 4.90 Å². The zero-order valence-corrected chi connectivity index (χ0v) is 12.0. The maximum Gasteiger partial charge on any atom is 0.401 e. The van der Waals surface area contributed by atoms with Crippen LogP contribution in [0.5, 0.6) is 0 Å². The van der Waals surface area contributed by atoms with Crippen LogP contribution in [-0.4, -0.2) is 54.7 Å². The molecule has 0 N–H and O–H groups in total. The summed E-state index contributed by atoms with van der Waals surface area (Å²) in [4.78, 5) is 4.20. The Kier molecular flexibility index (Phi) is 4.27. The Balaban J connectivity index is 1.50.